The van der Waals surface area contributed by atoms with E-state index in [4.69, 9.17) is 9.47 Å². The zero-order valence-corrected chi connectivity index (χ0v) is 18.2. The number of nitrogens with one attached hydrogen (secondary N) is 1. The van der Waals surface area contributed by atoms with Gasteiger partial charge in [-0.25, -0.2) is 8.42 Å². The van der Waals surface area contributed by atoms with Crippen molar-refractivity contribution in [2.75, 3.05) is 30.8 Å². The Morgan fingerprint density at radius 3 is 2.38 bits per heavy atom. The number of hydrogen-bond donors (Lipinski definition) is 1. The van der Waals surface area contributed by atoms with E-state index in [2.05, 4.69) is 5.32 Å². The molecule has 0 bridgehead atoms. The number of aryl methyl sites for hydroxylation is 2. The van der Waals surface area contributed by atoms with Crippen LogP contribution in [-0.2, 0) is 14.8 Å². The average Bonchev–Trinajstić information content (AvgIpc) is 2.65. The van der Waals surface area contributed by atoms with Crippen molar-refractivity contribution in [2.24, 2.45) is 0 Å². The Bertz CT molecular complexity index is 942. The van der Waals surface area contributed by atoms with Crippen molar-refractivity contribution in [3.8, 4) is 11.5 Å². The molecule has 0 saturated heterocycles. The molecule has 0 aliphatic rings. The van der Waals surface area contributed by atoms with Crippen LogP contribution in [0, 0.1) is 13.8 Å². The molecule has 1 atom stereocenters. The van der Waals surface area contributed by atoms with Gasteiger partial charge in [0.25, 0.3) is 5.91 Å². The summed E-state index contributed by atoms with van der Waals surface area (Å²) in [7, 11) is -1.85. The second-order valence-electron chi connectivity index (χ2n) is 6.89. The lowest BCUT2D eigenvalue weighted by atomic mass is 10.1. The molecule has 0 radical (unpaired) electrons. The van der Waals surface area contributed by atoms with Gasteiger partial charge < -0.3 is 14.8 Å². The number of sulfonamides is 1. The molecule has 158 valence electrons. The molecule has 0 spiro atoms. The van der Waals surface area contributed by atoms with Gasteiger partial charge in [-0.3, -0.25) is 9.10 Å². The Balaban J connectivity index is 1.80. The van der Waals surface area contributed by atoms with Crippen molar-refractivity contribution in [2.45, 2.75) is 26.9 Å². The molecule has 0 aliphatic carbocycles. The van der Waals surface area contributed by atoms with Crippen LogP contribution in [0.1, 0.15) is 18.1 Å². The van der Waals surface area contributed by atoms with Gasteiger partial charge in [-0.05, 0) is 56.7 Å². The molecule has 2 aromatic rings. The van der Waals surface area contributed by atoms with Crippen LogP contribution in [-0.4, -0.2) is 46.9 Å². The summed E-state index contributed by atoms with van der Waals surface area (Å²) in [5.74, 6) is 1.02. The minimum Gasteiger partial charge on any atom is -0.491 e. The first-order valence-electron chi connectivity index (χ1n) is 9.26. The van der Waals surface area contributed by atoms with E-state index in [1.165, 1.54) is 16.9 Å². The van der Waals surface area contributed by atoms with Crippen LogP contribution < -0.4 is 19.1 Å². The first kappa shape index (κ1) is 22.5. The molecular formula is C21H28N2O5S. The van der Waals surface area contributed by atoms with E-state index in [9.17, 15) is 13.2 Å². The predicted molar refractivity (Wildman–Crippen MR) is 114 cm³/mol. The second-order valence-corrected chi connectivity index (χ2v) is 8.91. The maximum atomic E-state index is 12.2. The summed E-state index contributed by atoms with van der Waals surface area (Å²) >= 11 is 0. The Morgan fingerprint density at radius 2 is 1.79 bits per heavy atom. The van der Waals surface area contributed by atoms with Gasteiger partial charge in [0.15, 0.2) is 6.10 Å². The highest BCUT2D eigenvalue weighted by Crippen LogP contribution is 2.21. The average molecular weight is 421 g/mol. The normalized spacial score (nSPS) is 12.2. The Labute approximate surface area is 172 Å². The third-order valence-corrected chi connectivity index (χ3v) is 5.57. The quantitative estimate of drug-likeness (QED) is 0.631. The van der Waals surface area contributed by atoms with Crippen LogP contribution in [0.15, 0.2) is 42.5 Å². The van der Waals surface area contributed by atoms with Crippen LogP contribution >= 0.6 is 0 Å². The van der Waals surface area contributed by atoms with Crippen molar-refractivity contribution in [1.29, 1.82) is 0 Å². The van der Waals surface area contributed by atoms with E-state index in [1.807, 2.05) is 32.0 Å². The van der Waals surface area contributed by atoms with Crippen molar-refractivity contribution in [1.82, 2.24) is 5.32 Å². The predicted octanol–water partition coefficient (Wildman–Crippen LogP) is 2.66. The fraction of sp³-hybridized carbons (Fsp3) is 0.381. The van der Waals surface area contributed by atoms with Gasteiger partial charge >= 0.3 is 0 Å². The SMILES string of the molecule is Cc1ccc(OCCNC(=O)[C@@H](C)Oc2ccc(N(C)S(C)(=O)=O)cc2)c(C)c1. The van der Waals surface area contributed by atoms with E-state index >= 15 is 0 Å². The van der Waals surface area contributed by atoms with Crippen LogP contribution in [0.4, 0.5) is 5.69 Å². The molecule has 0 fully saturated rings. The number of amides is 1. The highest BCUT2D eigenvalue weighted by molar-refractivity contribution is 7.92. The molecule has 0 heterocycles. The molecule has 8 heteroatoms. The topological polar surface area (TPSA) is 84.9 Å². The van der Waals surface area contributed by atoms with Crippen molar-refractivity contribution in [3.05, 3.63) is 53.6 Å². The van der Waals surface area contributed by atoms with Crippen LogP contribution in [0.2, 0.25) is 0 Å². The first-order chi connectivity index (χ1) is 13.6. The third kappa shape index (κ3) is 6.67. The maximum Gasteiger partial charge on any atom is 0.260 e. The van der Waals surface area contributed by atoms with Gasteiger partial charge in [0.05, 0.1) is 18.5 Å². The molecule has 1 N–H and O–H groups in total. The van der Waals surface area contributed by atoms with E-state index in [0.717, 1.165) is 17.6 Å². The lowest BCUT2D eigenvalue weighted by Gasteiger charge is -2.18. The van der Waals surface area contributed by atoms with E-state index in [-0.39, 0.29) is 5.91 Å². The maximum absolute atomic E-state index is 12.2. The number of nitrogens with zero attached hydrogens (tertiary/aromatic N) is 1. The number of ether oxygens (including phenoxy) is 2. The van der Waals surface area contributed by atoms with Crippen LogP contribution in [0.5, 0.6) is 11.5 Å². The summed E-state index contributed by atoms with van der Waals surface area (Å²) in [4.78, 5) is 12.2. The molecule has 2 rings (SSSR count). The lowest BCUT2D eigenvalue weighted by Crippen LogP contribution is -2.38. The number of carbonyl (C=O) groups is 1. The standard InChI is InChI=1S/C21H28N2O5S/c1-15-6-11-20(16(2)14-15)27-13-12-22-21(24)17(3)28-19-9-7-18(8-10-19)23(4)29(5,25)26/h6-11,14,17H,12-13H2,1-5H3,(H,22,24)/t17-/m1/s1. The molecule has 2 aromatic carbocycles. The van der Waals surface area contributed by atoms with E-state index in [0.29, 0.717) is 24.6 Å². The van der Waals surface area contributed by atoms with Gasteiger partial charge in [-0.15, -0.1) is 0 Å². The Hall–Kier alpha value is -2.74. The molecule has 7 nitrogen and oxygen atoms in total. The van der Waals surface area contributed by atoms with Gasteiger partial charge in [0.1, 0.15) is 18.1 Å². The molecule has 0 aromatic heterocycles. The summed E-state index contributed by atoms with van der Waals surface area (Å²) in [5.41, 5.74) is 2.74. The third-order valence-electron chi connectivity index (χ3n) is 4.37. The van der Waals surface area contributed by atoms with Crippen LogP contribution in [0.25, 0.3) is 0 Å². The smallest absolute Gasteiger partial charge is 0.260 e. The summed E-state index contributed by atoms with van der Waals surface area (Å²) in [5, 5.41) is 2.78. The highest BCUT2D eigenvalue weighted by Gasteiger charge is 2.15. The minimum atomic E-state index is -3.33. The van der Waals surface area contributed by atoms with Crippen molar-refractivity contribution < 1.29 is 22.7 Å². The molecular weight excluding hydrogens is 392 g/mol. The fourth-order valence-corrected chi connectivity index (χ4v) is 3.13. The first-order valence-corrected chi connectivity index (χ1v) is 11.1. The molecule has 29 heavy (non-hydrogen) atoms. The molecule has 0 unspecified atom stereocenters. The monoisotopic (exact) mass is 420 g/mol. The fourth-order valence-electron chi connectivity index (χ4n) is 2.62. The number of rotatable bonds is 9. The van der Waals surface area contributed by atoms with Crippen LogP contribution in [0.3, 0.4) is 0 Å². The number of benzene rings is 2. The Morgan fingerprint density at radius 1 is 1.14 bits per heavy atom. The van der Waals surface area contributed by atoms with Crippen molar-refractivity contribution >= 4 is 21.6 Å². The zero-order chi connectivity index (χ0) is 21.6. The largest absolute Gasteiger partial charge is 0.491 e. The molecule has 0 saturated carbocycles. The van der Waals surface area contributed by atoms with E-state index < -0.39 is 16.1 Å². The summed E-state index contributed by atoms with van der Waals surface area (Å²) in [6.07, 6.45) is 0.433. The highest BCUT2D eigenvalue weighted by atomic mass is 32.2. The number of anilines is 1. The zero-order valence-electron chi connectivity index (χ0n) is 17.4. The summed E-state index contributed by atoms with van der Waals surface area (Å²) in [6.45, 7) is 6.37. The Kier molecular flexibility index (Phi) is 7.50. The van der Waals surface area contributed by atoms with E-state index in [1.54, 1.807) is 31.2 Å². The van der Waals surface area contributed by atoms with Crippen molar-refractivity contribution in [3.63, 3.8) is 0 Å². The van der Waals surface area contributed by atoms with Gasteiger partial charge in [0.2, 0.25) is 10.0 Å². The minimum absolute atomic E-state index is 0.258. The molecule has 1 amide bonds. The number of hydrogen-bond acceptors (Lipinski definition) is 5. The van der Waals surface area contributed by atoms with Gasteiger partial charge in [-0.2, -0.15) is 0 Å². The number of carbonyl (C=O) groups excluding carboxylic acids is 1. The summed E-state index contributed by atoms with van der Waals surface area (Å²) in [6, 6.07) is 12.5. The van der Waals surface area contributed by atoms with Gasteiger partial charge in [-0.1, -0.05) is 17.7 Å². The molecule has 0 aliphatic heterocycles. The second kappa shape index (κ2) is 9.65. The van der Waals surface area contributed by atoms with Gasteiger partial charge in [0, 0.05) is 7.05 Å². The summed E-state index contributed by atoms with van der Waals surface area (Å²) < 4.78 is 35.6. The lowest BCUT2D eigenvalue weighted by molar-refractivity contribution is -0.127.